The first-order valence-electron chi connectivity index (χ1n) is 8.48. The number of esters is 1. The molecule has 0 radical (unpaired) electrons. The summed E-state index contributed by atoms with van der Waals surface area (Å²) in [5.41, 5.74) is 3.06. The van der Waals surface area contributed by atoms with Crippen molar-refractivity contribution in [1.82, 2.24) is 0 Å². The lowest BCUT2D eigenvalue weighted by Gasteiger charge is -2.25. The van der Waals surface area contributed by atoms with Crippen LogP contribution in [-0.4, -0.2) is 11.8 Å². The van der Waals surface area contributed by atoms with Crippen molar-refractivity contribution < 1.29 is 14.3 Å². The number of hydrogen-bond donors (Lipinski definition) is 0. The molecule has 0 unspecified atom stereocenters. The summed E-state index contributed by atoms with van der Waals surface area (Å²) in [5, 5.41) is 0. The van der Waals surface area contributed by atoms with Crippen LogP contribution in [0.15, 0.2) is 97.1 Å². The molecule has 3 aromatic rings. The van der Waals surface area contributed by atoms with Gasteiger partial charge < -0.3 is 9.64 Å². The SMILES string of the molecule is C=C(C)C(=O)C(=O)Oc1ccc(N(c2ccccc2)c2ccccc2)cc1. The van der Waals surface area contributed by atoms with E-state index in [4.69, 9.17) is 4.74 Å². The van der Waals surface area contributed by atoms with Crippen LogP contribution in [0.25, 0.3) is 0 Å². The van der Waals surface area contributed by atoms with E-state index in [0.717, 1.165) is 17.1 Å². The summed E-state index contributed by atoms with van der Waals surface area (Å²) >= 11 is 0. The Morgan fingerprint density at radius 2 is 1.19 bits per heavy atom. The summed E-state index contributed by atoms with van der Waals surface area (Å²) < 4.78 is 5.12. The summed E-state index contributed by atoms with van der Waals surface area (Å²) in [6, 6.07) is 26.9. The molecule has 4 heteroatoms. The maximum Gasteiger partial charge on any atom is 0.384 e. The topological polar surface area (TPSA) is 46.6 Å². The second-order valence-electron chi connectivity index (χ2n) is 6.00. The van der Waals surface area contributed by atoms with E-state index in [-0.39, 0.29) is 5.57 Å². The van der Waals surface area contributed by atoms with E-state index in [1.165, 1.54) is 6.92 Å². The molecule has 0 saturated heterocycles. The van der Waals surface area contributed by atoms with Crippen molar-refractivity contribution in [3.05, 3.63) is 97.1 Å². The third kappa shape index (κ3) is 4.30. The first-order chi connectivity index (χ1) is 13.1. The number of nitrogens with zero attached hydrogens (tertiary/aromatic N) is 1. The minimum absolute atomic E-state index is 0.149. The van der Waals surface area contributed by atoms with E-state index in [1.807, 2.05) is 72.8 Å². The van der Waals surface area contributed by atoms with E-state index < -0.39 is 11.8 Å². The van der Waals surface area contributed by atoms with Crippen molar-refractivity contribution in [1.29, 1.82) is 0 Å². The average Bonchev–Trinajstić information content (AvgIpc) is 2.70. The first-order valence-corrected chi connectivity index (χ1v) is 8.48. The van der Waals surface area contributed by atoms with E-state index in [9.17, 15) is 9.59 Å². The van der Waals surface area contributed by atoms with Gasteiger partial charge in [-0.2, -0.15) is 0 Å². The summed E-state index contributed by atoms with van der Waals surface area (Å²) in [7, 11) is 0. The fourth-order valence-electron chi connectivity index (χ4n) is 2.59. The highest BCUT2D eigenvalue weighted by Gasteiger charge is 2.17. The Hall–Kier alpha value is -3.66. The molecule has 3 rings (SSSR count). The molecule has 0 atom stereocenters. The van der Waals surface area contributed by atoms with Crippen LogP contribution in [0.3, 0.4) is 0 Å². The molecule has 134 valence electrons. The fourth-order valence-corrected chi connectivity index (χ4v) is 2.59. The Bertz CT molecular complexity index is 908. The number of carbonyl (C=O) groups excluding carboxylic acids is 2. The van der Waals surface area contributed by atoms with E-state index in [1.54, 1.807) is 12.1 Å². The zero-order valence-electron chi connectivity index (χ0n) is 15.0. The minimum atomic E-state index is -0.932. The number of carbonyl (C=O) groups is 2. The Morgan fingerprint density at radius 1 is 0.741 bits per heavy atom. The molecule has 0 saturated carbocycles. The minimum Gasteiger partial charge on any atom is -0.421 e. The van der Waals surface area contributed by atoms with Gasteiger partial charge in [-0.25, -0.2) is 4.79 Å². The van der Waals surface area contributed by atoms with Crippen molar-refractivity contribution in [3.8, 4) is 5.75 Å². The molecule has 0 spiro atoms. The molecule has 3 aromatic carbocycles. The van der Waals surface area contributed by atoms with Gasteiger partial charge in [0.05, 0.1) is 0 Å². The Morgan fingerprint density at radius 3 is 1.63 bits per heavy atom. The third-order valence-electron chi connectivity index (χ3n) is 3.91. The second kappa shape index (κ2) is 8.15. The van der Waals surface area contributed by atoms with Crippen LogP contribution in [0.2, 0.25) is 0 Å². The normalized spacial score (nSPS) is 10.1. The highest BCUT2D eigenvalue weighted by Crippen LogP contribution is 2.34. The number of ether oxygens (including phenoxy) is 1. The van der Waals surface area contributed by atoms with Crippen LogP contribution in [-0.2, 0) is 9.59 Å². The summed E-state index contributed by atoms with van der Waals surface area (Å²) in [6.45, 7) is 4.94. The van der Waals surface area contributed by atoms with E-state index in [0.29, 0.717) is 5.75 Å². The first kappa shape index (κ1) is 18.1. The van der Waals surface area contributed by atoms with Gasteiger partial charge in [-0.1, -0.05) is 43.0 Å². The molecule has 0 aliphatic heterocycles. The molecule has 0 aromatic heterocycles. The molecule has 0 bridgehead atoms. The van der Waals surface area contributed by atoms with Gasteiger partial charge in [-0.15, -0.1) is 0 Å². The predicted octanol–water partition coefficient (Wildman–Crippen LogP) is 5.21. The maximum absolute atomic E-state index is 11.8. The predicted molar refractivity (Wildman–Crippen MR) is 107 cm³/mol. The molecule has 27 heavy (non-hydrogen) atoms. The summed E-state index contributed by atoms with van der Waals surface area (Å²) in [5.74, 6) is -1.35. The highest BCUT2D eigenvalue weighted by molar-refractivity contribution is 6.40. The van der Waals surface area contributed by atoms with Gasteiger partial charge in [0.25, 0.3) is 5.78 Å². The van der Waals surface area contributed by atoms with Gasteiger partial charge in [0.1, 0.15) is 5.75 Å². The largest absolute Gasteiger partial charge is 0.421 e. The highest BCUT2D eigenvalue weighted by atomic mass is 16.5. The number of benzene rings is 3. The maximum atomic E-state index is 11.8. The van der Waals surface area contributed by atoms with Crippen LogP contribution in [0, 0.1) is 0 Å². The van der Waals surface area contributed by atoms with Crippen LogP contribution < -0.4 is 9.64 Å². The zero-order chi connectivity index (χ0) is 19.2. The Balaban J connectivity index is 1.89. The summed E-state index contributed by atoms with van der Waals surface area (Å²) in [4.78, 5) is 25.5. The lowest BCUT2D eigenvalue weighted by Crippen LogP contribution is -2.20. The van der Waals surface area contributed by atoms with Crippen molar-refractivity contribution in [2.75, 3.05) is 4.90 Å². The van der Waals surface area contributed by atoms with Gasteiger partial charge in [-0.3, -0.25) is 4.79 Å². The van der Waals surface area contributed by atoms with Gasteiger partial charge >= 0.3 is 5.97 Å². The quantitative estimate of drug-likeness (QED) is 0.263. The number of hydrogen-bond acceptors (Lipinski definition) is 4. The van der Waals surface area contributed by atoms with Gasteiger partial charge in [0, 0.05) is 17.1 Å². The second-order valence-corrected chi connectivity index (χ2v) is 6.00. The molecule has 4 nitrogen and oxygen atoms in total. The molecule has 0 aliphatic carbocycles. The number of Topliss-reactive ketones (excluding diaryl/α,β-unsaturated/α-hetero) is 1. The lowest BCUT2D eigenvalue weighted by molar-refractivity contribution is -0.145. The Kier molecular flexibility index (Phi) is 5.47. The number of ketones is 1. The summed E-state index contributed by atoms with van der Waals surface area (Å²) in [6.07, 6.45) is 0. The average molecular weight is 357 g/mol. The molecule has 0 heterocycles. The number of para-hydroxylation sites is 2. The van der Waals surface area contributed by atoms with Crippen LogP contribution >= 0.6 is 0 Å². The number of rotatable bonds is 6. The molecule has 0 N–H and O–H groups in total. The molecule has 0 aliphatic rings. The fraction of sp³-hybridized carbons (Fsp3) is 0.0435. The van der Waals surface area contributed by atoms with Crippen molar-refractivity contribution in [2.24, 2.45) is 0 Å². The van der Waals surface area contributed by atoms with Crippen molar-refractivity contribution in [3.63, 3.8) is 0 Å². The van der Waals surface area contributed by atoms with E-state index >= 15 is 0 Å². The monoisotopic (exact) mass is 357 g/mol. The smallest absolute Gasteiger partial charge is 0.384 e. The third-order valence-corrected chi connectivity index (χ3v) is 3.91. The molecular formula is C23H19NO3. The molecular weight excluding hydrogens is 338 g/mol. The Labute approximate surface area is 158 Å². The number of anilines is 3. The lowest BCUT2D eigenvalue weighted by atomic mass is 10.2. The van der Waals surface area contributed by atoms with E-state index in [2.05, 4.69) is 11.5 Å². The molecule has 0 fully saturated rings. The van der Waals surface area contributed by atoms with Crippen molar-refractivity contribution in [2.45, 2.75) is 6.92 Å². The standard InChI is InChI=1S/C23H19NO3/c1-17(2)22(25)23(26)27-21-15-13-20(14-16-21)24(18-9-5-3-6-10-18)19-11-7-4-8-12-19/h3-16H,1H2,2H3. The van der Waals surface area contributed by atoms with Crippen LogP contribution in [0.1, 0.15) is 6.92 Å². The van der Waals surface area contributed by atoms with Crippen LogP contribution in [0.4, 0.5) is 17.1 Å². The molecule has 0 amide bonds. The zero-order valence-corrected chi connectivity index (χ0v) is 15.0. The van der Waals surface area contributed by atoms with Gasteiger partial charge in [0.2, 0.25) is 0 Å². The van der Waals surface area contributed by atoms with Gasteiger partial charge in [-0.05, 0) is 61.0 Å². The van der Waals surface area contributed by atoms with Gasteiger partial charge in [0.15, 0.2) is 0 Å². The van der Waals surface area contributed by atoms with Crippen LogP contribution in [0.5, 0.6) is 5.75 Å². The van der Waals surface area contributed by atoms with Crippen molar-refractivity contribution >= 4 is 28.8 Å².